The molecule has 1 fully saturated rings. The van der Waals surface area contributed by atoms with Gasteiger partial charge in [-0.1, -0.05) is 6.92 Å². The van der Waals surface area contributed by atoms with Gasteiger partial charge in [-0.2, -0.15) is 0 Å². The molecule has 19 heavy (non-hydrogen) atoms. The van der Waals surface area contributed by atoms with Gasteiger partial charge in [-0.05, 0) is 50.2 Å². The molecule has 2 nitrogen and oxygen atoms in total. The highest BCUT2D eigenvalue weighted by molar-refractivity contribution is 5.75. The highest BCUT2D eigenvalue weighted by atomic mass is 19.2. The first-order valence-corrected chi connectivity index (χ1v) is 6.64. The van der Waals surface area contributed by atoms with Crippen molar-refractivity contribution in [3.05, 3.63) is 29.3 Å². The zero-order valence-corrected chi connectivity index (χ0v) is 11.2. The zero-order valence-electron chi connectivity index (χ0n) is 11.2. The van der Waals surface area contributed by atoms with Crippen molar-refractivity contribution in [3.8, 4) is 5.75 Å². The third-order valence-electron chi connectivity index (χ3n) is 3.75. The molecule has 0 amide bonds. The van der Waals surface area contributed by atoms with Gasteiger partial charge in [0.05, 0.1) is 5.92 Å². The second kappa shape index (κ2) is 5.68. The van der Waals surface area contributed by atoms with Gasteiger partial charge in [-0.25, -0.2) is 8.78 Å². The van der Waals surface area contributed by atoms with Crippen LogP contribution in [0.3, 0.4) is 0 Å². The first-order valence-electron chi connectivity index (χ1n) is 6.64. The lowest BCUT2D eigenvalue weighted by atomic mass is 9.83. The van der Waals surface area contributed by atoms with Crippen LogP contribution >= 0.6 is 0 Å². The second-order valence-corrected chi connectivity index (χ2v) is 5.41. The molecule has 0 N–H and O–H groups in total. The molecule has 0 heterocycles. The van der Waals surface area contributed by atoms with Crippen molar-refractivity contribution in [2.75, 3.05) is 0 Å². The van der Waals surface area contributed by atoms with Gasteiger partial charge in [0.15, 0.2) is 11.6 Å². The number of carbonyl (C=O) groups excluding carboxylic acids is 1. The zero-order chi connectivity index (χ0) is 14.0. The molecule has 1 aliphatic carbocycles. The van der Waals surface area contributed by atoms with Gasteiger partial charge in [0.25, 0.3) is 0 Å². The molecule has 4 heteroatoms. The Morgan fingerprint density at radius 1 is 1.21 bits per heavy atom. The standard InChI is InChI=1S/C15H18F2O2/c1-9-3-5-11(6-4-9)15(18)19-12-7-10(2)14(17)13(16)8-12/h7-9,11H,3-6H2,1-2H3. The number of hydrogen-bond acceptors (Lipinski definition) is 2. The summed E-state index contributed by atoms with van der Waals surface area (Å²) in [4.78, 5) is 11.9. The van der Waals surface area contributed by atoms with Crippen LogP contribution < -0.4 is 4.74 Å². The maximum absolute atomic E-state index is 13.2. The summed E-state index contributed by atoms with van der Waals surface area (Å²) >= 11 is 0. The van der Waals surface area contributed by atoms with Crippen LogP contribution in [0.5, 0.6) is 5.75 Å². The smallest absolute Gasteiger partial charge is 0.314 e. The normalized spacial score (nSPS) is 23.2. The van der Waals surface area contributed by atoms with Crippen LogP contribution in [0.2, 0.25) is 0 Å². The van der Waals surface area contributed by atoms with Gasteiger partial charge in [-0.3, -0.25) is 4.79 Å². The monoisotopic (exact) mass is 268 g/mol. The van der Waals surface area contributed by atoms with Gasteiger partial charge >= 0.3 is 5.97 Å². The SMILES string of the molecule is Cc1cc(OC(=O)C2CCC(C)CC2)cc(F)c1F. The Labute approximate surface area is 111 Å². The van der Waals surface area contributed by atoms with Crippen molar-refractivity contribution in [1.29, 1.82) is 0 Å². The Morgan fingerprint density at radius 2 is 1.84 bits per heavy atom. The number of ether oxygens (including phenoxy) is 1. The molecular formula is C15H18F2O2. The van der Waals surface area contributed by atoms with E-state index in [1.807, 2.05) is 0 Å². The number of rotatable bonds is 2. The lowest BCUT2D eigenvalue weighted by molar-refractivity contribution is -0.140. The summed E-state index contributed by atoms with van der Waals surface area (Å²) in [5.41, 5.74) is 0.139. The third-order valence-corrected chi connectivity index (χ3v) is 3.75. The van der Waals surface area contributed by atoms with E-state index in [1.165, 1.54) is 13.0 Å². The lowest BCUT2D eigenvalue weighted by Crippen LogP contribution is -2.25. The molecule has 0 bridgehead atoms. The fourth-order valence-corrected chi connectivity index (χ4v) is 2.45. The van der Waals surface area contributed by atoms with Crippen LogP contribution in [0, 0.1) is 30.4 Å². The first kappa shape index (κ1) is 14.0. The maximum atomic E-state index is 13.2. The molecular weight excluding hydrogens is 250 g/mol. The van der Waals surface area contributed by atoms with Gasteiger partial charge in [0.2, 0.25) is 0 Å². The largest absolute Gasteiger partial charge is 0.426 e. The molecule has 0 atom stereocenters. The van der Waals surface area contributed by atoms with Crippen LogP contribution in [0.1, 0.15) is 38.2 Å². The van der Waals surface area contributed by atoms with E-state index in [0.29, 0.717) is 5.92 Å². The van der Waals surface area contributed by atoms with E-state index in [4.69, 9.17) is 4.74 Å². The molecule has 0 unspecified atom stereocenters. The molecule has 0 aromatic heterocycles. The van der Waals surface area contributed by atoms with Gasteiger partial charge in [0, 0.05) is 6.07 Å². The van der Waals surface area contributed by atoms with E-state index in [1.54, 1.807) is 0 Å². The second-order valence-electron chi connectivity index (χ2n) is 5.41. The Kier molecular flexibility index (Phi) is 4.17. The summed E-state index contributed by atoms with van der Waals surface area (Å²) in [5.74, 6) is -1.61. The van der Waals surface area contributed by atoms with E-state index in [2.05, 4.69) is 6.92 Å². The highest BCUT2D eigenvalue weighted by Crippen LogP contribution is 2.30. The highest BCUT2D eigenvalue weighted by Gasteiger charge is 2.26. The van der Waals surface area contributed by atoms with E-state index >= 15 is 0 Å². The van der Waals surface area contributed by atoms with Crippen molar-refractivity contribution in [2.45, 2.75) is 39.5 Å². The first-order chi connectivity index (χ1) is 8.97. The van der Waals surface area contributed by atoms with Crippen molar-refractivity contribution in [2.24, 2.45) is 11.8 Å². The minimum atomic E-state index is -0.986. The van der Waals surface area contributed by atoms with Gasteiger partial charge in [0.1, 0.15) is 5.75 Å². The lowest BCUT2D eigenvalue weighted by Gasteiger charge is -2.24. The average molecular weight is 268 g/mol. The molecule has 104 valence electrons. The molecule has 0 radical (unpaired) electrons. The molecule has 2 rings (SSSR count). The number of benzene rings is 1. The van der Waals surface area contributed by atoms with Crippen molar-refractivity contribution < 1.29 is 18.3 Å². The molecule has 0 aliphatic heterocycles. The summed E-state index contributed by atoms with van der Waals surface area (Å²) in [6.07, 6.45) is 3.64. The van der Waals surface area contributed by atoms with Crippen LogP contribution in [0.15, 0.2) is 12.1 Å². The molecule has 0 spiro atoms. The van der Waals surface area contributed by atoms with Gasteiger partial charge < -0.3 is 4.74 Å². The summed E-state index contributed by atoms with van der Waals surface area (Å²) in [6.45, 7) is 3.61. The number of esters is 1. The summed E-state index contributed by atoms with van der Waals surface area (Å²) in [5, 5.41) is 0. The molecule has 1 saturated carbocycles. The maximum Gasteiger partial charge on any atom is 0.314 e. The Bertz CT molecular complexity index is 454. The topological polar surface area (TPSA) is 26.3 Å². The van der Waals surface area contributed by atoms with E-state index < -0.39 is 11.6 Å². The van der Waals surface area contributed by atoms with Crippen LogP contribution in [0.25, 0.3) is 0 Å². The predicted molar refractivity (Wildman–Crippen MR) is 67.9 cm³/mol. The average Bonchev–Trinajstić information content (AvgIpc) is 2.36. The van der Waals surface area contributed by atoms with E-state index in [9.17, 15) is 13.6 Å². The number of hydrogen-bond donors (Lipinski definition) is 0. The van der Waals surface area contributed by atoms with E-state index in [-0.39, 0.29) is 23.2 Å². The third kappa shape index (κ3) is 3.31. The quantitative estimate of drug-likeness (QED) is 0.598. The van der Waals surface area contributed by atoms with Gasteiger partial charge in [-0.15, -0.1) is 0 Å². The summed E-state index contributed by atoms with van der Waals surface area (Å²) in [6, 6.07) is 2.27. The predicted octanol–water partition coefficient (Wildman–Crippen LogP) is 4.00. The number of halogens is 2. The fourth-order valence-electron chi connectivity index (χ4n) is 2.45. The molecule has 0 saturated heterocycles. The van der Waals surface area contributed by atoms with Crippen molar-refractivity contribution in [3.63, 3.8) is 0 Å². The van der Waals surface area contributed by atoms with Crippen LogP contribution in [-0.4, -0.2) is 5.97 Å². The van der Waals surface area contributed by atoms with Crippen molar-refractivity contribution in [1.82, 2.24) is 0 Å². The molecule has 1 aromatic rings. The minimum absolute atomic E-state index is 0.0834. The number of aryl methyl sites for hydroxylation is 1. The number of carbonyl (C=O) groups is 1. The van der Waals surface area contributed by atoms with Crippen molar-refractivity contribution >= 4 is 5.97 Å². The molecule has 1 aromatic carbocycles. The summed E-state index contributed by atoms with van der Waals surface area (Å²) in [7, 11) is 0. The Morgan fingerprint density at radius 3 is 2.42 bits per heavy atom. The minimum Gasteiger partial charge on any atom is -0.426 e. The molecule has 1 aliphatic rings. The fraction of sp³-hybridized carbons (Fsp3) is 0.533. The van der Waals surface area contributed by atoms with E-state index in [0.717, 1.165) is 31.7 Å². The van der Waals surface area contributed by atoms with Crippen LogP contribution in [0.4, 0.5) is 8.78 Å². The Hall–Kier alpha value is -1.45. The Balaban J connectivity index is 2.03. The van der Waals surface area contributed by atoms with Crippen LogP contribution in [-0.2, 0) is 4.79 Å². The summed E-state index contributed by atoms with van der Waals surface area (Å²) < 4.78 is 31.5.